The number of amides is 2. The van der Waals surface area contributed by atoms with Gasteiger partial charge in [-0.3, -0.25) is 9.59 Å². The number of aromatic nitrogens is 3. The molecule has 2 aromatic heterocycles. The van der Waals surface area contributed by atoms with E-state index in [-0.39, 0.29) is 16.9 Å². The van der Waals surface area contributed by atoms with E-state index in [1.807, 2.05) is 19.9 Å². The predicted octanol–water partition coefficient (Wildman–Crippen LogP) is 4.11. The minimum Gasteiger partial charge on any atom is -0.325 e. The molecular weight excluding hydrogens is 399 g/mol. The SMILES string of the molecule is CC(=O)Nc1ccc(C(F)(F)F)cc1NC(=O)c1ccc(-n2nc(C)cc2C)nc1. The molecule has 2 heterocycles. The summed E-state index contributed by atoms with van der Waals surface area (Å²) in [5.41, 5.74) is 0.729. The Kier molecular flexibility index (Phi) is 5.59. The van der Waals surface area contributed by atoms with Crippen molar-refractivity contribution >= 4 is 23.2 Å². The van der Waals surface area contributed by atoms with E-state index < -0.39 is 23.6 Å². The lowest BCUT2D eigenvalue weighted by Gasteiger charge is -2.15. The van der Waals surface area contributed by atoms with Gasteiger partial charge in [-0.1, -0.05) is 0 Å². The molecule has 1 aromatic carbocycles. The van der Waals surface area contributed by atoms with E-state index in [0.717, 1.165) is 29.6 Å². The summed E-state index contributed by atoms with van der Waals surface area (Å²) in [4.78, 5) is 28.1. The van der Waals surface area contributed by atoms with Gasteiger partial charge in [0, 0.05) is 18.8 Å². The first kappa shape index (κ1) is 21.0. The molecular formula is C20H18F3N5O2. The second kappa shape index (κ2) is 7.97. The Morgan fingerprint density at radius 1 is 1.00 bits per heavy atom. The molecule has 30 heavy (non-hydrogen) atoms. The van der Waals surface area contributed by atoms with Crippen molar-refractivity contribution in [3.8, 4) is 5.82 Å². The second-order valence-electron chi connectivity index (χ2n) is 6.64. The van der Waals surface area contributed by atoms with Gasteiger partial charge in [-0.15, -0.1) is 0 Å². The van der Waals surface area contributed by atoms with Crippen molar-refractivity contribution in [2.45, 2.75) is 26.9 Å². The third kappa shape index (κ3) is 4.65. The Morgan fingerprint density at radius 2 is 1.73 bits per heavy atom. The Balaban J connectivity index is 1.87. The highest BCUT2D eigenvalue weighted by molar-refractivity contribution is 6.07. The summed E-state index contributed by atoms with van der Waals surface area (Å²) in [6.45, 7) is 4.91. The summed E-state index contributed by atoms with van der Waals surface area (Å²) in [5.74, 6) is -0.662. The fourth-order valence-corrected chi connectivity index (χ4v) is 2.82. The van der Waals surface area contributed by atoms with Gasteiger partial charge in [-0.05, 0) is 50.2 Å². The lowest BCUT2D eigenvalue weighted by molar-refractivity contribution is -0.137. The van der Waals surface area contributed by atoms with Crippen LogP contribution < -0.4 is 10.6 Å². The molecule has 0 aliphatic heterocycles. The molecule has 0 saturated heterocycles. The van der Waals surface area contributed by atoms with E-state index in [1.54, 1.807) is 10.7 Å². The number of hydrogen-bond donors (Lipinski definition) is 2. The maximum Gasteiger partial charge on any atom is 0.416 e. The Hall–Kier alpha value is -3.69. The van der Waals surface area contributed by atoms with Crippen LogP contribution in [0.5, 0.6) is 0 Å². The minimum atomic E-state index is -4.60. The lowest BCUT2D eigenvalue weighted by Crippen LogP contribution is -2.17. The molecule has 0 saturated carbocycles. The summed E-state index contributed by atoms with van der Waals surface area (Å²) in [6, 6.07) is 7.62. The monoisotopic (exact) mass is 417 g/mol. The van der Waals surface area contributed by atoms with Crippen molar-refractivity contribution in [2.24, 2.45) is 0 Å². The molecule has 0 aliphatic rings. The molecule has 2 N–H and O–H groups in total. The molecule has 0 radical (unpaired) electrons. The third-order valence-corrected chi connectivity index (χ3v) is 4.14. The zero-order valence-electron chi connectivity index (χ0n) is 16.3. The van der Waals surface area contributed by atoms with Crippen molar-refractivity contribution in [1.82, 2.24) is 14.8 Å². The summed E-state index contributed by atoms with van der Waals surface area (Å²) in [5, 5.41) is 9.10. The van der Waals surface area contributed by atoms with Gasteiger partial charge in [0.1, 0.15) is 0 Å². The van der Waals surface area contributed by atoms with E-state index >= 15 is 0 Å². The largest absolute Gasteiger partial charge is 0.416 e. The zero-order chi connectivity index (χ0) is 22.1. The highest BCUT2D eigenvalue weighted by atomic mass is 19.4. The number of benzene rings is 1. The Bertz CT molecular complexity index is 1100. The maximum atomic E-state index is 13.0. The van der Waals surface area contributed by atoms with Crippen molar-refractivity contribution in [3.63, 3.8) is 0 Å². The molecule has 3 aromatic rings. The fourth-order valence-electron chi connectivity index (χ4n) is 2.82. The fraction of sp³-hybridized carbons (Fsp3) is 0.200. The van der Waals surface area contributed by atoms with Gasteiger partial charge in [0.05, 0.1) is 28.2 Å². The number of rotatable bonds is 4. The summed E-state index contributed by atoms with van der Waals surface area (Å²) in [6.07, 6.45) is -3.30. The summed E-state index contributed by atoms with van der Waals surface area (Å²) in [7, 11) is 0. The molecule has 0 atom stereocenters. The van der Waals surface area contributed by atoms with E-state index in [4.69, 9.17) is 0 Å². The van der Waals surface area contributed by atoms with Gasteiger partial charge in [-0.25, -0.2) is 9.67 Å². The quantitative estimate of drug-likeness (QED) is 0.669. The average molecular weight is 417 g/mol. The number of carbonyl (C=O) groups is 2. The summed E-state index contributed by atoms with van der Waals surface area (Å²) < 4.78 is 40.7. The molecule has 10 heteroatoms. The van der Waals surface area contributed by atoms with E-state index in [9.17, 15) is 22.8 Å². The molecule has 2 amide bonds. The van der Waals surface area contributed by atoms with E-state index in [1.165, 1.54) is 19.2 Å². The van der Waals surface area contributed by atoms with Crippen LogP contribution in [0.15, 0.2) is 42.6 Å². The number of aryl methyl sites for hydroxylation is 2. The molecule has 0 bridgehead atoms. The third-order valence-electron chi connectivity index (χ3n) is 4.14. The molecule has 0 unspecified atom stereocenters. The van der Waals surface area contributed by atoms with Crippen LogP contribution in [0.2, 0.25) is 0 Å². The number of carbonyl (C=O) groups excluding carboxylic acids is 2. The van der Waals surface area contributed by atoms with Crippen LogP contribution in [0.4, 0.5) is 24.5 Å². The number of halogens is 3. The first-order valence-corrected chi connectivity index (χ1v) is 8.84. The number of nitrogens with one attached hydrogen (secondary N) is 2. The minimum absolute atomic E-state index is 0.0519. The van der Waals surface area contributed by atoms with Gasteiger partial charge in [0.25, 0.3) is 5.91 Å². The van der Waals surface area contributed by atoms with Gasteiger partial charge >= 0.3 is 6.18 Å². The first-order valence-electron chi connectivity index (χ1n) is 8.84. The van der Waals surface area contributed by atoms with Gasteiger partial charge in [0.15, 0.2) is 5.82 Å². The normalized spacial score (nSPS) is 11.3. The molecule has 156 valence electrons. The van der Waals surface area contributed by atoms with Crippen LogP contribution >= 0.6 is 0 Å². The van der Waals surface area contributed by atoms with Crippen LogP contribution in [0.3, 0.4) is 0 Å². The number of alkyl halides is 3. The highest BCUT2D eigenvalue weighted by Gasteiger charge is 2.31. The smallest absolute Gasteiger partial charge is 0.325 e. The van der Waals surface area contributed by atoms with Gasteiger partial charge in [-0.2, -0.15) is 18.3 Å². The maximum absolute atomic E-state index is 13.0. The Labute approximate surface area is 169 Å². The van der Waals surface area contributed by atoms with Crippen LogP contribution in [-0.2, 0) is 11.0 Å². The zero-order valence-corrected chi connectivity index (χ0v) is 16.3. The second-order valence-corrected chi connectivity index (χ2v) is 6.64. The predicted molar refractivity (Wildman–Crippen MR) is 105 cm³/mol. The van der Waals surface area contributed by atoms with Crippen LogP contribution in [0.25, 0.3) is 5.82 Å². The van der Waals surface area contributed by atoms with E-state index in [2.05, 4.69) is 20.7 Å². The Morgan fingerprint density at radius 3 is 2.27 bits per heavy atom. The summed E-state index contributed by atoms with van der Waals surface area (Å²) >= 11 is 0. The number of hydrogen-bond acceptors (Lipinski definition) is 4. The van der Waals surface area contributed by atoms with Gasteiger partial charge in [0.2, 0.25) is 5.91 Å². The topological polar surface area (TPSA) is 88.9 Å². The molecule has 0 aliphatic carbocycles. The van der Waals surface area contributed by atoms with E-state index in [0.29, 0.717) is 5.82 Å². The molecule has 3 rings (SSSR count). The standard InChI is InChI=1S/C20H18F3N5O2/c1-11-8-12(2)28(27-11)18-7-4-14(10-24-18)19(30)26-17-9-15(20(21,22)23)5-6-16(17)25-13(3)29/h4-10H,1-3H3,(H,25,29)(H,26,30). The lowest BCUT2D eigenvalue weighted by atomic mass is 10.1. The van der Waals surface area contributed by atoms with Crippen LogP contribution in [0, 0.1) is 13.8 Å². The first-order chi connectivity index (χ1) is 14.0. The number of nitrogens with zero attached hydrogens (tertiary/aromatic N) is 3. The number of anilines is 2. The average Bonchev–Trinajstić information content (AvgIpc) is 3.00. The molecule has 7 nitrogen and oxygen atoms in total. The molecule has 0 fully saturated rings. The van der Waals surface area contributed by atoms with Crippen molar-refractivity contribution in [1.29, 1.82) is 0 Å². The highest BCUT2D eigenvalue weighted by Crippen LogP contribution is 2.34. The van der Waals surface area contributed by atoms with Gasteiger partial charge < -0.3 is 10.6 Å². The van der Waals surface area contributed by atoms with Crippen LogP contribution in [-0.4, -0.2) is 26.6 Å². The van der Waals surface area contributed by atoms with Crippen molar-refractivity contribution in [2.75, 3.05) is 10.6 Å². The van der Waals surface area contributed by atoms with Crippen molar-refractivity contribution in [3.05, 3.63) is 65.1 Å². The number of pyridine rings is 1. The van der Waals surface area contributed by atoms with Crippen molar-refractivity contribution < 1.29 is 22.8 Å². The van der Waals surface area contributed by atoms with Crippen LogP contribution in [0.1, 0.15) is 34.2 Å². The molecule has 0 spiro atoms.